The van der Waals surface area contributed by atoms with Gasteiger partial charge in [0.25, 0.3) is 0 Å². The van der Waals surface area contributed by atoms with Crippen molar-refractivity contribution >= 4 is 5.91 Å². The summed E-state index contributed by atoms with van der Waals surface area (Å²) in [5, 5.41) is 0. The van der Waals surface area contributed by atoms with Gasteiger partial charge in [-0.2, -0.15) is 0 Å². The van der Waals surface area contributed by atoms with Crippen LogP contribution in [0.3, 0.4) is 0 Å². The number of carbonyl (C=O) groups excluding carboxylic acids is 1. The Labute approximate surface area is 157 Å². The summed E-state index contributed by atoms with van der Waals surface area (Å²) >= 11 is 0. The van der Waals surface area contributed by atoms with E-state index in [9.17, 15) is 4.79 Å². The van der Waals surface area contributed by atoms with Crippen LogP contribution in [0.4, 0.5) is 0 Å². The monoisotopic (exact) mass is 356 g/mol. The van der Waals surface area contributed by atoms with Crippen molar-refractivity contribution in [3.8, 4) is 0 Å². The molecule has 5 heteroatoms. The maximum atomic E-state index is 12.6. The first-order chi connectivity index (χ1) is 12.8. The topological polar surface area (TPSA) is 39.7 Å². The van der Waals surface area contributed by atoms with Gasteiger partial charge in [-0.05, 0) is 81.7 Å². The lowest BCUT2D eigenvalue weighted by molar-refractivity contribution is -0.131. The molecule has 0 aliphatic carbocycles. The molecule has 3 saturated heterocycles. The Kier molecular flexibility index (Phi) is 5.85. The van der Waals surface area contributed by atoms with Gasteiger partial charge in [-0.1, -0.05) is 6.07 Å². The molecule has 1 atom stereocenters. The first kappa shape index (κ1) is 17.9. The summed E-state index contributed by atoms with van der Waals surface area (Å²) in [7, 11) is 0. The number of nitrogens with zero attached hydrogens (tertiary/aromatic N) is 4. The number of rotatable bonds is 5. The van der Waals surface area contributed by atoms with E-state index in [-0.39, 0.29) is 0 Å². The zero-order valence-electron chi connectivity index (χ0n) is 15.9. The van der Waals surface area contributed by atoms with Crippen molar-refractivity contribution in [1.82, 2.24) is 19.7 Å². The van der Waals surface area contributed by atoms with E-state index in [0.29, 0.717) is 12.5 Å². The Hall–Kier alpha value is -1.46. The predicted octanol–water partition coefficient (Wildman–Crippen LogP) is 2.24. The van der Waals surface area contributed by atoms with Crippen molar-refractivity contribution in [3.05, 3.63) is 30.1 Å². The summed E-state index contributed by atoms with van der Waals surface area (Å²) in [5.74, 6) is 1.88. The molecule has 1 unspecified atom stereocenters. The second kappa shape index (κ2) is 8.49. The summed E-state index contributed by atoms with van der Waals surface area (Å²) in [4.78, 5) is 23.8. The van der Waals surface area contributed by atoms with Gasteiger partial charge in [0, 0.05) is 32.0 Å². The Bertz CT molecular complexity index is 579. The molecular formula is C21H32N4O. The highest BCUT2D eigenvalue weighted by molar-refractivity contribution is 5.78. The molecule has 0 aromatic carbocycles. The molecule has 5 nitrogen and oxygen atoms in total. The molecule has 142 valence electrons. The molecule has 1 amide bonds. The van der Waals surface area contributed by atoms with Crippen LogP contribution in [-0.4, -0.2) is 71.4 Å². The predicted molar refractivity (Wildman–Crippen MR) is 103 cm³/mol. The number of likely N-dealkylation sites (tertiary alicyclic amines) is 3. The van der Waals surface area contributed by atoms with Crippen LogP contribution in [0, 0.1) is 11.8 Å². The summed E-state index contributed by atoms with van der Waals surface area (Å²) in [5.41, 5.74) is 1.31. The molecule has 26 heavy (non-hydrogen) atoms. The van der Waals surface area contributed by atoms with Gasteiger partial charge in [-0.25, -0.2) is 0 Å². The number of aromatic nitrogens is 1. The first-order valence-electron chi connectivity index (χ1n) is 10.4. The lowest BCUT2D eigenvalue weighted by Gasteiger charge is -2.34. The molecule has 3 fully saturated rings. The standard InChI is InChI=1S/C21H32N4O/c26-21(17-23-9-1-2-10-23)25-13-7-20(16-25)19-5-11-24(12-6-19)15-18-4-3-8-22-14-18/h3-4,8,14,19-20H,1-2,5-7,9-13,15-17H2. The number of carbonyl (C=O) groups is 1. The minimum atomic E-state index is 0.364. The zero-order valence-corrected chi connectivity index (χ0v) is 15.9. The van der Waals surface area contributed by atoms with Crippen molar-refractivity contribution in [2.75, 3.05) is 45.8 Å². The third kappa shape index (κ3) is 4.44. The fraction of sp³-hybridized carbons (Fsp3) is 0.714. The van der Waals surface area contributed by atoms with Crippen LogP contribution in [0.25, 0.3) is 0 Å². The van der Waals surface area contributed by atoms with Gasteiger partial charge in [-0.3, -0.25) is 19.6 Å². The number of hydrogen-bond acceptors (Lipinski definition) is 4. The smallest absolute Gasteiger partial charge is 0.236 e. The van der Waals surface area contributed by atoms with Crippen LogP contribution in [-0.2, 0) is 11.3 Å². The van der Waals surface area contributed by atoms with E-state index >= 15 is 0 Å². The van der Waals surface area contributed by atoms with Crippen molar-refractivity contribution in [2.45, 2.75) is 38.6 Å². The Morgan fingerprint density at radius 2 is 1.77 bits per heavy atom. The van der Waals surface area contributed by atoms with Crippen LogP contribution in [0.2, 0.25) is 0 Å². The van der Waals surface area contributed by atoms with Crippen molar-refractivity contribution in [3.63, 3.8) is 0 Å². The third-order valence-corrected chi connectivity index (χ3v) is 6.56. The molecule has 3 aliphatic heterocycles. The van der Waals surface area contributed by atoms with Gasteiger partial charge in [0.15, 0.2) is 0 Å². The third-order valence-electron chi connectivity index (χ3n) is 6.56. The number of amides is 1. The van der Waals surface area contributed by atoms with Crippen molar-refractivity contribution < 1.29 is 4.79 Å². The number of piperidine rings is 1. The molecule has 0 spiro atoms. The van der Waals surface area contributed by atoms with E-state index in [1.807, 2.05) is 18.5 Å². The molecule has 1 aromatic heterocycles. The molecule has 0 saturated carbocycles. The molecule has 4 rings (SSSR count). The maximum absolute atomic E-state index is 12.6. The molecule has 0 radical (unpaired) electrons. The average Bonchev–Trinajstić information content (AvgIpc) is 3.35. The highest BCUT2D eigenvalue weighted by Gasteiger charge is 2.34. The van der Waals surface area contributed by atoms with Gasteiger partial charge >= 0.3 is 0 Å². The summed E-state index contributed by atoms with van der Waals surface area (Å²) in [6.45, 7) is 8.22. The largest absolute Gasteiger partial charge is 0.341 e. The van der Waals surface area contributed by atoms with Crippen LogP contribution < -0.4 is 0 Å². The minimum absolute atomic E-state index is 0.364. The van der Waals surface area contributed by atoms with E-state index in [4.69, 9.17) is 0 Å². The van der Waals surface area contributed by atoms with Gasteiger partial charge in [-0.15, -0.1) is 0 Å². The second-order valence-corrected chi connectivity index (χ2v) is 8.35. The van der Waals surface area contributed by atoms with Gasteiger partial charge < -0.3 is 4.90 Å². The van der Waals surface area contributed by atoms with E-state index in [0.717, 1.165) is 44.6 Å². The number of pyridine rings is 1. The average molecular weight is 357 g/mol. The minimum Gasteiger partial charge on any atom is -0.341 e. The Morgan fingerprint density at radius 3 is 2.50 bits per heavy atom. The molecular weight excluding hydrogens is 324 g/mol. The molecule has 0 N–H and O–H groups in total. The van der Waals surface area contributed by atoms with E-state index < -0.39 is 0 Å². The molecule has 0 bridgehead atoms. The van der Waals surface area contributed by atoms with Gasteiger partial charge in [0.1, 0.15) is 0 Å². The summed E-state index contributed by atoms with van der Waals surface area (Å²) in [6.07, 6.45) is 10.1. The van der Waals surface area contributed by atoms with Crippen molar-refractivity contribution in [2.24, 2.45) is 11.8 Å². The quantitative estimate of drug-likeness (QED) is 0.811. The highest BCUT2D eigenvalue weighted by atomic mass is 16.2. The second-order valence-electron chi connectivity index (χ2n) is 8.35. The van der Waals surface area contributed by atoms with Gasteiger partial charge in [0.05, 0.1) is 6.54 Å². The molecule has 1 aromatic rings. The lowest BCUT2D eigenvalue weighted by Crippen LogP contribution is -2.39. The highest BCUT2D eigenvalue weighted by Crippen LogP contribution is 2.32. The Morgan fingerprint density at radius 1 is 1.00 bits per heavy atom. The van der Waals surface area contributed by atoms with E-state index in [1.165, 1.54) is 50.8 Å². The van der Waals surface area contributed by atoms with E-state index in [1.54, 1.807) is 0 Å². The van der Waals surface area contributed by atoms with Crippen LogP contribution >= 0.6 is 0 Å². The maximum Gasteiger partial charge on any atom is 0.236 e. The fourth-order valence-corrected chi connectivity index (χ4v) is 4.96. The summed E-state index contributed by atoms with van der Waals surface area (Å²) in [6, 6.07) is 4.19. The van der Waals surface area contributed by atoms with Crippen LogP contribution in [0.15, 0.2) is 24.5 Å². The SMILES string of the molecule is O=C(CN1CCCC1)N1CCC(C2CCN(Cc3cccnc3)CC2)C1. The van der Waals surface area contributed by atoms with Crippen molar-refractivity contribution in [1.29, 1.82) is 0 Å². The fourth-order valence-electron chi connectivity index (χ4n) is 4.96. The van der Waals surface area contributed by atoms with Crippen LogP contribution in [0.1, 0.15) is 37.7 Å². The summed E-state index contributed by atoms with van der Waals surface area (Å²) < 4.78 is 0. The number of hydrogen-bond donors (Lipinski definition) is 0. The van der Waals surface area contributed by atoms with Gasteiger partial charge in [0.2, 0.25) is 5.91 Å². The Balaban J connectivity index is 1.21. The molecule has 4 heterocycles. The molecule has 3 aliphatic rings. The van der Waals surface area contributed by atoms with E-state index in [2.05, 4.69) is 25.8 Å². The lowest BCUT2D eigenvalue weighted by atomic mass is 9.83. The van der Waals surface area contributed by atoms with Crippen LogP contribution in [0.5, 0.6) is 0 Å². The zero-order chi connectivity index (χ0) is 17.8. The normalized spacial score (nSPS) is 25.8. The first-order valence-corrected chi connectivity index (χ1v) is 10.4.